The third-order valence-corrected chi connectivity index (χ3v) is 3.67. The smallest absolute Gasteiger partial charge is 0.279 e. The van der Waals surface area contributed by atoms with Crippen molar-refractivity contribution < 1.29 is 4.74 Å². The van der Waals surface area contributed by atoms with Crippen LogP contribution in [0.3, 0.4) is 0 Å². The maximum atomic E-state index is 5.70. The summed E-state index contributed by atoms with van der Waals surface area (Å²) in [5, 5.41) is 0.671. The Labute approximate surface area is 111 Å². The normalized spacial score (nSPS) is 10.6. The molecule has 0 N–H and O–H groups in total. The van der Waals surface area contributed by atoms with Crippen LogP contribution in [0.4, 0.5) is 0 Å². The fraction of sp³-hybridized carbons (Fsp3) is 0. The second kappa shape index (κ2) is 4.47. The van der Waals surface area contributed by atoms with Crippen molar-refractivity contribution in [2.45, 2.75) is 0 Å². The molecule has 0 aliphatic heterocycles. The topological polar surface area (TPSA) is 22.1 Å². The van der Waals surface area contributed by atoms with E-state index in [9.17, 15) is 0 Å². The van der Waals surface area contributed by atoms with Gasteiger partial charge in [-0.05, 0) is 30.3 Å². The molecule has 2 nitrogen and oxygen atoms in total. The summed E-state index contributed by atoms with van der Waals surface area (Å²) in [5.74, 6) is 0.811. The molecule has 0 saturated heterocycles. The molecular formula is C13H8BrNOS. The fourth-order valence-corrected chi connectivity index (χ4v) is 2.90. The molecule has 0 spiro atoms. The monoisotopic (exact) mass is 305 g/mol. The number of rotatable bonds is 2. The van der Waals surface area contributed by atoms with Gasteiger partial charge in [0.25, 0.3) is 5.19 Å². The van der Waals surface area contributed by atoms with E-state index in [2.05, 4.69) is 20.9 Å². The minimum atomic E-state index is 0.671. The quantitative estimate of drug-likeness (QED) is 0.675. The number of halogens is 1. The number of benzene rings is 2. The summed E-state index contributed by atoms with van der Waals surface area (Å²) in [6.45, 7) is 0. The van der Waals surface area contributed by atoms with Gasteiger partial charge in [-0.15, -0.1) is 0 Å². The number of ether oxygens (including phenoxy) is 1. The van der Waals surface area contributed by atoms with E-state index in [1.807, 2.05) is 48.5 Å². The van der Waals surface area contributed by atoms with Gasteiger partial charge in [-0.2, -0.15) is 0 Å². The maximum absolute atomic E-state index is 5.70. The standard InChI is InChI=1S/C13H8BrNOS/c14-9-6-7-11-12(8-9)17-13(15-11)16-10-4-2-1-3-5-10/h1-8H. The van der Waals surface area contributed by atoms with Crippen molar-refractivity contribution in [1.82, 2.24) is 4.98 Å². The highest BCUT2D eigenvalue weighted by atomic mass is 79.9. The van der Waals surface area contributed by atoms with E-state index in [4.69, 9.17) is 4.74 Å². The minimum Gasteiger partial charge on any atom is -0.431 e. The van der Waals surface area contributed by atoms with Gasteiger partial charge < -0.3 is 4.74 Å². The maximum Gasteiger partial charge on any atom is 0.279 e. The number of hydrogen-bond acceptors (Lipinski definition) is 3. The van der Waals surface area contributed by atoms with E-state index in [0.29, 0.717) is 5.19 Å². The van der Waals surface area contributed by atoms with Crippen LogP contribution < -0.4 is 4.74 Å². The Balaban J connectivity index is 1.96. The molecule has 0 amide bonds. The first-order chi connectivity index (χ1) is 8.31. The Hall–Kier alpha value is -1.39. The molecule has 17 heavy (non-hydrogen) atoms. The van der Waals surface area contributed by atoms with Crippen LogP contribution in [-0.4, -0.2) is 4.98 Å². The van der Waals surface area contributed by atoms with Crippen molar-refractivity contribution in [2.75, 3.05) is 0 Å². The predicted molar refractivity (Wildman–Crippen MR) is 73.8 cm³/mol. The molecule has 3 rings (SSSR count). The number of thiazole rings is 1. The summed E-state index contributed by atoms with van der Waals surface area (Å²) < 4.78 is 7.87. The van der Waals surface area contributed by atoms with Crippen LogP contribution in [0.15, 0.2) is 53.0 Å². The van der Waals surface area contributed by atoms with Crippen LogP contribution in [0.1, 0.15) is 0 Å². The van der Waals surface area contributed by atoms with Crippen LogP contribution >= 0.6 is 27.3 Å². The Morgan fingerprint density at radius 1 is 1.06 bits per heavy atom. The van der Waals surface area contributed by atoms with Crippen LogP contribution in [0, 0.1) is 0 Å². The molecule has 2 aromatic carbocycles. The Morgan fingerprint density at radius 2 is 1.88 bits per heavy atom. The SMILES string of the molecule is Brc1ccc2nc(Oc3ccccc3)sc2c1. The molecule has 3 aromatic rings. The van der Waals surface area contributed by atoms with Gasteiger partial charge in [-0.1, -0.05) is 45.5 Å². The van der Waals surface area contributed by atoms with Crippen molar-refractivity contribution in [3.63, 3.8) is 0 Å². The van der Waals surface area contributed by atoms with Crippen molar-refractivity contribution >= 4 is 37.5 Å². The third-order valence-electron chi connectivity index (χ3n) is 2.28. The van der Waals surface area contributed by atoms with Crippen molar-refractivity contribution in [3.05, 3.63) is 53.0 Å². The lowest BCUT2D eigenvalue weighted by atomic mass is 10.3. The van der Waals surface area contributed by atoms with Crippen molar-refractivity contribution in [2.24, 2.45) is 0 Å². The van der Waals surface area contributed by atoms with Gasteiger partial charge in [0.2, 0.25) is 0 Å². The zero-order valence-electron chi connectivity index (χ0n) is 8.76. The molecule has 0 fully saturated rings. The molecule has 84 valence electrons. The van der Waals surface area contributed by atoms with Gasteiger partial charge in [0, 0.05) is 4.47 Å². The van der Waals surface area contributed by atoms with Gasteiger partial charge in [0.05, 0.1) is 10.2 Å². The van der Waals surface area contributed by atoms with Crippen LogP contribution in [0.25, 0.3) is 10.2 Å². The lowest BCUT2D eigenvalue weighted by Gasteiger charge is -1.98. The average molecular weight is 306 g/mol. The zero-order chi connectivity index (χ0) is 11.7. The molecule has 1 heterocycles. The first kappa shape index (κ1) is 10.7. The molecule has 1 aromatic heterocycles. The molecule has 0 bridgehead atoms. The Kier molecular flexibility index (Phi) is 2.82. The number of hydrogen-bond donors (Lipinski definition) is 0. The highest BCUT2D eigenvalue weighted by molar-refractivity contribution is 9.10. The van der Waals surface area contributed by atoms with E-state index in [1.54, 1.807) is 11.3 Å². The second-order valence-corrected chi connectivity index (χ2v) is 5.42. The van der Waals surface area contributed by atoms with Crippen LogP contribution in [0.5, 0.6) is 10.9 Å². The number of nitrogens with zero attached hydrogens (tertiary/aromatic N) is 1. The Bertz CT molecular complexity index is 651. The second-order valence-electron chi connectivity index (χ2n) is 3.51. The molecule has 0 aliphatic rings. The lowest BCUT2D eigenvalue weighted by molar-refractivity contribution is 0.480. The molecule has 0 radical (unpaired) electrons. The van der Waals surface area contributed by atoms with E-state index in [0.717, 1.165) is 20.4 Å². The zero-order valence-corrected chi connectivity index (χ0v) is 11.2. The summed E-state index contributed by atoms with van der Waals surface area (Å²) in [6.07, 6.45) is 0. The summed E-state index contributed by atoms with van der Waals surface area (Å²) in [5.41, 5.74) is 0.962. The van der Waals surface area contributed by atoms with Crippen molar-refractivity contribution in [3.8, 4) is 10.9 Å². The highest BCUT2D eigenvalue weighted by Crippen LogP contribution is 2.32. The number of para-hydroxylation sites is 1. The predicted octanol–water partition coefficient (Wildman–Crippen LogP) is 4.85. The van der Waals surface area contributed by atoms with E-state index in [-0.39, 0.29) is 0 Å². The summed E-state index contributed by atoms with van der Waals surface area (Å²) in [6, 6.07) is 15.7. The van der Waals surface area contributed by atoms with Crippen LogP contribution in [0.2, 0.25) is 0 Å². The number of aromatic nitrogens is 1. The van der Waals surface area contributed by atoms with Crippen molar-refractivity contribution in [1.29, 1.82) is 0 Å². The minimum absolute atomic E-state index is 0.671. The first-order valence-corrected chi connectivity index (χ1v) is 6.71. The van der Waals surface area contributed by atoms with E-state index >= 15 is 0 Å². The van der Waals surface area contributed by atoms with Gasteiger partial charge in [-0.3, -0.25) is 0 Å². The summed E-state index contributed by atoms with van der Waals surface area (Å²) >= 11 is 4.99. The molecule has 0 aliphatic carbocycles. The van der Waals surface area contributed by atoms with Gasteiger partial charge in [0.1, 0.15) is 5.75 Å². The molecule has 4 heteroatoms. The number of fused-ring (bicyclic) bond motifs is 1. The third kappa shape index (κ3) is 2.33. The Morgan fingerprint density at radius 3 is 2.71 bits per heavy atom. The first-order valence-electron chi connectivity index (χ1n) is 5.10. The van der Waals surface area contributed by atoms with Crippen LogP contribution in [-0.2, 0) is 0 Å². The fourth-order valence-electron chi connectivity index (χ4n) is 1.51. The summed E-state index contributed by atoms with van der Waals surface area (Å²) in [4.78, 5) is 4.42. The van der Waals surface area contributed by atoms with E-state index < -0.39 is 0 Å². The molecule has 0 atom stereocenters. The molecule has 0 saturated carbocycles. The largest absolute Gasteiger partial charge is 0.431 e. The van der Waals surface area contributed by atoms with Gasteiger partial charge in [0.15, 0.2) is 0 Å². The molecule has 0 unspecified atom stereocenters. The van der Waals surface area contributed by atoms with E-state index in [1.165, 1.54) is 0 Å². The lowest BCUT2D eigenvalue weighted by Crippen LogP contribution is -1.81. The van der Waals surface area contributed by atoms with Gasteiger partial charge >= 0.3 is 0 Å². The highest BCUT2D eigenvalue weighted by Gasteiger charge is 2.05. The van der Waals surface area contributed by atoms with Gasteiger partial charge in [-0.25, -0.2) is 4.98 Å². The average Bonchev–Trinajstić information content (AvgIpc) is 2.71. The molecular weight excluding hydrogens is 298 g/mol. The summed E-state index contributed by atoms with van der Waals surface area (Å²) in [7, 11) is 0.